The van der Waals surface area contributed by atoms with E-state index in [0.29, 0.717) is 29.1 Å². The lowest BCUT2D eigenvalue weighted by Crippen LogP contribution is -2.30. The number of aliphatic hydroxyl groups excluding tert-OH is 1. The number of nitrogens with one attached hydrogen (secondary N) is 2. The zero-order valence-corrected chi connectivity index (χ0v) is 16.2. The summed E-state index contributed by atoms with van der Waals surface area (Å²) in [7, 11) is 0. The standard InChI is InChI=1S/C21H22N2O4S/c1-14(24)11-17(15-5-3-2-4-6-15)12-22-21(26)19-18(8-10-28-19)23-20(25)16-7-9-27-13-16/h2-10,13-14,17,24H,11-12H2,1H3,(H,22,26)(H,23,25). The monoisotopic (exact) mass is 398 g/mol. The fourth-order valence-electron chi connectivity index (χ4n) is 2.94. The first kappa shape index (κ1) is 19.9. The van der Waals surface area contributed by atoms with Crippen molar-refractivity contribution in [2.45, 2.75) is 25.4 Å². The third kappa shape index (κ3) is 5.09. The number of anilines is 1. The van der Waals surface area contributed by atoms with Crippen LogP contribution in [-0.2, 0) is 0 Å². The van der Waals surface area contributed by atoms with Crippen LogP contribution < -0.4 is 10.6 Å². The first-order valence-electron chi connectivity index (χ1n) is 8.97. The Kier molecular flexibility index (Phi) is 6.62. The van der Waals surface area contributed by atoms with Crippen LogP contribution in [0.3, 0.4) is 0 Å². The molecule has 2 heterocycles. The number of thiophene rings is 1. The molecule has 0 bridgehead atoms. The molecule has 0 saturated carbocycles. The molecule has 0 fully saturated rings. The molecular formula is C21H22N2O4S. The van der Waals surface area contributed by atoms with Gasteiger partial charge in [-0.15, -0.1) is 11.3 Å². The number of benzene rings is 1. The quantitative estimate of drug-likeness (QED) is 0.537. The molecule has 0 aliphatic heterocycles. The molecule has 0 saturated heterocycles. The van der Waals surface area contributed by atoms with E-state index in [-0.39, 0.29) is 17.7 Å². The Hall–Kier alpha value is -2.90. The molecule has 3 aromatic rings. The van der Waals surface area contributed by atoms with Gasteiger partial charge in [-0.1, -0.05) is 30.3 Å². The van der Waals surface area contributed by atoms with E-state index >= 15 is 0 Å². The highest BCUT2D eigenvalue weighted by Crippen LogP contribution is 2.24. The molecule has 2 atom stereocenters. The van der Waals surface area contributed by atoms with Crippen molar-refractivity contribution in [3.63, 3.8) is 0 Å². The minimum Gasteiger partial charge on any atom is -0.472 e. The summed E-state index contributed by atoms with van der Waals surface area (Å²) < 4.78 is 4.91. The van der Waals surface area contributed by atoms with Gasteiger partial charge in [0.05, 0.1) is 23.6 Å². The van der Waals surface area contributed by atoms with E-state index in [0.717, 1.165) is 5.56 Å². The van der Waals surface area contributed by atoms with E-state index in [1.165, 1.54) is 23.9 Å². The van der Waals surface area contributed by atoms with Crippen molar-refractivity contribution in [3.05, 3.63) is 76.4 Å². The zero-order valence-electron chi connectivity index (χ0n) is 15.4. The molecule has 0 spiro atoms. The van der Waals surface area contributed by atoms with E-state index < -0.39 is 6.10 Å². The molecule has 6 nitrogen and oxygen atoms in total. The van der Waals surface area contributed by atoms with Crippen LogP contribution >= 0.6 is 11.3 Å². The molecule has 2 unspecified atom stereocenters. The van der Waals surface area contributed by atoms with Gasteiger partial charge in [0.25, 0.3) is 11.8 Å². The molecule has 7 heteroatoms. The van der Waals surface area contributed by atoms with Crippen LogP contribution in [0.4, 0.5) is 5.69 Å². The Bertz CT molecular complexity index is 904. The smallest absolute Gasteiger partial charge is 0.263 e. The van der Waals surface area contributed by atoms with Crippen LogP contribution in [0.2, 0.25) is 0 Å². The predicted molar refractivity (Wildman–Crippen MR) is 109 cm³/mol. The molecule has 0 aliphatic carbocycles. The van der Waals surface area contributed by atoms with Gasteiger partial charge in [-0.2, -0.15) is 0 Å². The highest BCUT2D eigenvalue weighted by molar-refractivity contribution is 7.12. The van der Waals surface area contributed by atoms with Crippen molar-refractivity contribution in [3.8, 4) is 0 Å². The van der Waals surface area contributed by atoms with Gasteiger partial charge in [0.15, 0.2) is 0 Å². The number of carbonyl (C=O) groups is 2. The minimum absolute atomic E-state index is 0.00548. The molecule has 146 valence electrons. The topological polar surface area (TPSA) is 91.6 Å². The van der Waals surface area contributed by atoms with Crippen LogP contribution in [0.25, 0.3) is 0 Å². The Morgan fingerprint density at radius 3 is 2.61 bits per heavy atom. The molecule has 28 heavy (non-hydrogen) atoms. The summed E-state index contributed by atoms with van der Waals surface area (Å²) in [4.78, 5) is 25.3. The number of hydrogen-bond donors (Lipinski definition) is 3. The molecule has 1 aromatic carbocycles. The Morgan fingerprint density at radius 1 is 1.14 bits per heavy atom. The van der Waals surface area contributed by atoms with E-state index in [2.05, 4.69) is 10.6 Å². The van der Waals surface area contributed by atoms with Gasteiger partial charge in [-0.25, -0.2) is 0 Å². The minimum atomic E-state index is -0.478. The van der Waals surface area contributed by atoms with Crippen molar-refractivity contribution in [2.24, 2.45) is 0 Å². The summed E-state index contributed by atoms with van der Waals surface area (Å²) in [5.41, 5.74) is 1.91. The van der Waals surface area contributed by atoms with Crippen molar-refractivity contribution >= 4 is 28.8 Å². The van der Waals surface area contributed by atoms with Crippen molar-refractivity contribution < 1.29 is 19.1 Å². The fourth-order valence-corrected chi connectivity index (χ4v) is 3.71. The number of hydrogen-bond acceptors (Lipinski definition) is 5. The number of amides is 2. The largest absolute Gasteiger partial charge is 0.472 e. The predicted octanol–water partition coefficient (Wildman–Crippen LogP) is 3.88. The van der Waals surface area contributed by atoms with Crippen LogP contribution in [0.1, 0.15) is 44.9 Å². The first-order valence-corrected chi connectivity index (χ1v) is 9.85. The summed E-state index contributed by atoms with van der Waals surface area (Å²) in [6.07, 6.45) is 2.83. The summed E-state index contributed by atoms with van der Waals surface area (Å²) in [6.45, 7) is 2.13. The Labute approximate surface area is 167 Å². The normalized spacial score (nSPS) is 12.9. The number of furan rings is 1. The second-order valence-corrected chi connectivity index (χ2v) is 7.45. The van der Waals surface area contributed by atoms with Crippen LogP contribution in [0, 0.1) is 0 Å². The maximum atomic E-state index is 12.7. The van der Waals surface area contributed by atoms with Crippen LogP contribution in [0.15, 0.2) is 64.8 Å². The molecule has 3 N–H and O–H groups in total. The van der Waals surface area contributed by atoms with Crippen molar-refractivity contribution in [2.75, 3.05) is 11.9 Å². The summed E-state index contributed by atoms with van der Waals surface area (Å²) in [5, 5.41) is 17.2. The highest BCUT2D eigenvalue weighted by atomic mass is 32.1. The SMILES string of the molecule is CC(O)CC(CNC(=O)c1sccc1NC(=O)c1ccoc1)c1ccccc1. The zero-order chi connectivity index (χ0) is 19.9. The van der Waals surface area contributed by atoms with Crippen LogP contribution in [-0.4, -0.2) is 29.6 Å². The molecule has 3 rings (SSSR count). The number of rotatable bonds is 8. The molecule has 0 radical (unpaired) electrons. The third-order valence-electron chi connectivity index (χ3n) is 4.31. The van der Waals surface area contributed by atoms with Crippen LogP contribution in [0.5, 0.6) is 0 Å². The molecule has 2 amide bonds. The number of carbonyl (C=O) groups excluding carboxylic acids is 2. The summed E-state index contributed by atoms with van der Waals surface area (Å²) in [5.74, 6) is -0.601. The molecular weight excluding hydrogens is 376 g/mol. The highest BCUT2D eigenvalue weighted by Gasteiger charge is 2.19. The van der Waals surface area contributed by atoms with Gasteiger partial charge in [0.1, 0.15) is 11.1 Å². The average Bonchev–Trinajstić information content (AvgIpc) is 3.37. The second kappa shape index (κ2) is 9.34. The van der Waals surface area contributed by atoms with E-state index in [1.807, 2.05) is 30.3 Å². The maximum Gasteiger partial charge on any atom is 0.263 e. The first-order chi connectivity index (χ1) is 13.5. The average molecular weight is 398 g/mol. The maximum absolute atomic E-state index is 12.7. The lowest BCUT2D eigenvalue weighted by atomic mass is 9.93. The van der Waals surface area contributed by atoms with Crippen molar-refractivity contribution in [1.29, 1.82) is 0 Å². The van der Waals surface area contributed by atoms with E-state index in [9.17, 15) is 14.7 Å². The Balaban J connectivity index is 1.66. The molecule has 2 aromatic heterocycles. The van der Waals surface area contributed by atoms with Gasteiger partial charge in [-0.05, 0) is 36.4 Å². The molecule has 0 aliphatic rings. The van der Waals surface area contributed by atoms with Gasteiger partial charge in [-0.3, -0.25) is 9.59 Å². The van der Waals surface area contributed by atoms with Gasteiger partial charge in [0.2, 0.25) is 0 Å². The lowest BCUT2D eigenvalue weighted by molar-refractivity contribution is 0.0950. The number of aliphatic hydroxyl groups is 1. The van der Waals surface area contributed by atoms with Gasteiger partial charge < -0.3 is 20.2 Å². The third-order valence-corrected chi connectivity index (χ3v) is 5.22. The van der Waals surface area contributed by atoms with E-state index in [4.69, 9.17) is 4.42 Å². The fraction of sp³-hybridized carbons (Fsp3) is 0.238. The Morgan fingerprint density at radius 2 is 1.93 bits per heavy atom. The van der Waals surface area contributed by atoms with Gasteiger partial charge >= 0.3 is 0 Å². The second-order valence-electron chi connectivity index (χ2n) is 6.53. The summed E-state index contributed by atoms with van der Waals surface area (Å²) >= 11 is 1.26. The van der Waals surface area contributed by atoms with Crippen molar-refractivity contribution in [1.82, 2.24) is 5.32 Å². The lowest BCUT2D eigenvalue weighted by Gasteiger charge is -2.19. The summed E-state index contributed by atoms with van der Waals surface area (Å²) in [6, 6.07) is 13.0. The van der Waals surface area contributed by atoms with E-state index in [1.54, 1.807) is 24.4 Å². The van der Waals surface area contributed by atoms with Gasteiger partial charge in [0, 0.05) is 12.5 Å².